The zero-order valence-electron chi connectivity index (χ0n) is 5.36. The molecule has 0 spiro atoms. The molecule has 1 atom stereocenters. The first kappa shape index (κ1) is 7.68. The SMILES string of the molecule is [C]#CCC(C#C)C#CC. The van der Waals surface area contributed by atoms with E-state index in [1.54, 1.807) is 6.92 Å². The molecule has 0 saturated carbocycles. The van der Waals surface area contributed by atoms with Crippen LogP contribution in [0.25, 0.3) is 0 Å². The molecular formula is C9H7. The van der Waals surface area contributed by atoms with Gasteiger partial charge in [0.15, 0.2) is 0 Å². The van der Waals surface area contributed by atoms with E-state index in [1.165, 1.54) is 0 Å². The Hall–Kier alpha value is -1.32. The summed E-state index contributed by atoms with van der Waals surface area (Å²) in [6.45, 7) is 1.73. The molecule has 0 N–H and O–H groups in total. The Labute approximate surface area is 56.7 Å². The van der Waals surface area contributed by atoms with Crippen LogP contribution in [0.3, 0.4) is 0 Å². The van der Waals surface area contributed by atoms with Gasteiger partial charge in [-0.1, -0.05) is 17.8 Å². The molecule has 0 nitrogen and oxygen atoms in total. The highest BCUT2D eigenvalue weighted by Gasteiger charge is 1.93. The molecule has 0 aliphatic rings. The van der Waals surface area contributed by atoms with Gasteiger partial charge in [-0.3, -0.25) is 0 Å². The Balaban J connectivity index is 3.86. The predicted molar refractivity (Wildman–Crippen MR) is 37.5 cm³/mol. The Kier molecular flexibility index (Phi) is 4.12. The summed E-state index contributed by atoms with van der Waals surface area (Å²) in [6.07, 6.45) is 12.1. The van der Waals surface area contributed by atoms with E-state index >= 15 is 0 Å². The number of rotatable bonds is 1. The molecule has 0 bridgehead atoms. The molecular weight excluding hydrogens is 108 g/mol. The minimum atomic E-state index is -0.118. The van der Waals surface area contributed by atoms with Crippen LogP contribution in [0.1, 0.15) is 13.3 Å². The minimum Gasteiger partial charge on any atom is -0.119 e. The van der Waals surface area contributed by atoms with Crippen molar-refractivity contribution < 1.29 is 0 Å². The van der Waals surface area contributed by atoms with E-state index in [1.807, 2.05) is 0 Å². The molecule has 43 valence electrons. The van der Waals surface area contributed by atoms with Crippen molar-refractivity contribution in [1.29, 1.82) is 0 Å². The summed E-state index contributed by atoms with van der Waals surface area (Å²) >= 11 is 0. The van der Waals surface area contributed by atoms with Crippen molar-refractivity contribution in [2.45, 2.75) is 13.3 Å². The largest absolute Gasteiger partial charge is 0.119 e. The fraction of sp³-hybridized carbons (Fsp3) is 0.333. The molecule has 0 aromatic rings. The topological polar surface area (TPSA) is 0 Å². The average Bonchev–Trinajstić information content (AvgIpc) is 1.88. The maximum absolute atomic E-state index is 6.60. The molecule has 0 aliphatic heterocycles. The maximum Gasteiger partial charge on any atom is 0.0917 e. The molecule has 0 heterocycles. The van der Waals surface area contributed by atoms with Crippen molar-refractivity contribution >= 4 is 0 Å². The molecule has 1 radical (unpaired) electrons. The maximum atomic E-state index is 6.60. The second kappa shape index (κ2) is 4.83. The van der Waals surface area contributed by atoms with Gasteiger partial charge in [0.1, 0.15) is 0 Å². The standard InChI is InChI=1S/C9H7/c1-4-7-9(6-3)8-5-2/h3,9H,8H2,1H3. The van der Waals surface area contributed by atoms with E-state index in [2.05, 4.69) is 23.7 Å². The molecule has 0 aliphatic carbocycles. The molecule has 1 unspecified atom stereocenters. The van der Waals surface area contributed by atoms with Crippen LogP contribution in [0.15, 0.2) is 0 Å². The summed E-state index contributed by atoms with van der Waals surface area (Å²) in [4.78, 5) is 0. The van der Waals surface area contributed by atoms with Crippen LogP contribution in [-0.2, 0) is 0 Å². The molecule has 0 rings (SSSR count). The highest BCUT2D eigenvalue weighted by Crippen LogP contribution is 1.95. The zero-order chi connectivity index (χ0) is 7.11. The van der Waals surface area contributed by atoms with Crippen LogP contribution < -0.4 is 0 Å². The summed E-state index contributed by atoms with van der Waals surface area (Å²) in [5.74, 6) is 9.99. The van der Waals surface area contributed by atoms with Gasteiger partial charge in [-0.05, 0) is 13.3 Å². The lowest BCUT2D eigenvalue weighted by atomic mass is 10.1. The van der Waals surface area contributed by atoms with Gasteiger partial charge in [0.25, 0.3) is 0 Å². The van der Waals surface area contributed by atoms with Gasteiger partial charge in [0.05, 0.1) is 5.92 Å². The van der Waals surface area contributed by atoms with Gasteiger partial charge >= 0.3 is 0 Å². The summed E-state index contributed by atoms with van der Waals surface area (Å²) < 4.78 is 0. The molecule has 0 aromatic heterocycles. The van der Waals surface area contributed by atoms with E-state index in [-0.39, 0.29) is 5.92 Å². The third-order valence-corrected chi connectivity index (χ3v) is 0.826. The summed E-state index contributed by atoms with van der Waals surface area (Å²) in [6, 6.07) is 0. The lowest BCUT2D eigenvalue weighted by Crippen LogP contribution is -1.88. The smallest absolute Gasteiger partial charge is 0.0917 e. The Morgan fingerprint density at radius 2 is 2.33 bits per heavy atom. The summed E-state index contributed by atoms with van der Waals surface area (Å²) in [5, 5.41) is 0. The Morgan fingerprint density at radius 1 is 1.67 bits per heavy atom. The van der Waals surface area contributed by atoms with Gasteiger partial charge in [0.2, 0.25) is 0 Å². The minimum absolute atomic E-state index is 0.118. The number of hydrogen-bond acceptors (Lipinski definition) is 0. The third-order valence-electron chi connectivity index (χ3n) is 0.826. The van der Waals surface area contributed by atoms with Gasteiger partial charge in [0, 0.05) is 6.42 Å². The molecule has 0 fully saturated rings. The van der Waals surface area contributed by atoms with E-state index in [9.17, 15) is 0 Å². The lowest BCUT2D eigenvalue weighted by molar-refractivity contribution is 0.918. The summed E-state index contributed by atoms with van der Waals surface area (Å²) in [7, 11) is 0. The van der Waals surface area contributed by atoms with Crippen molar-refractivity contribution in [2.24, 2.45) is 5.92 Å². The second-order valence-corrected chi connectivity index (χ2v) is 1.49. The first-order valence-electron chi connectivity index (χ1n) is 2.63. The monoisotopic (exact) mass is 115 g/mol. The average molecular weight is 115 g/mol. The fourth-order valence-electron chi connectivity index (χ4n) is 0.428. The second-order valence-electron chi connectivity index (χ2n) is 1.49. The van der Waals surface area contributed by atoms with Crippen LogP contribution in [0, 0.1) is 42.4 Å². The van der Waals surface area contributed by atoms with Crippen molar-refractivity contribution in [3.63, 3.8) is 0 Å². The summed E-state index contributed by atoms with van der Waals surface area (Å²) in [5.41, 5.74) is 0. The van der Waals surface area contributed by atoms with Crippen LogP contribution in [0.4, 0.5) is 0 Å². The number of hydrogen-bond donors (Lipinski definition) is 0. The van der Waals surface area contributed by atoms with Gasteiger partial charge < -0.3 is 0 Å². The molecule has 0 amide bonds. The molecule has 0 aromatic carbocycles. The van der Waals surface area contributed by atoms with Crippen molar-refractivity contribution in [3.8, 4) is 30.1 Å². The van der Waals surface area contributed by atoms with Crippen LogP contribution in [0.2, 0.25) is 0 Å². The van der Waals surface area contributed by atoms with Crippen molar-refractivity contribution in [2.75, 3.05) is 0 Å². The van der Waals surface area contributed by atoms with E-state index in [0.717, 1.165) is 0 Å². The molecule has 9 heavy (non-hydrogen) atoms. The molecule has 0 heteroatoms. The van der Waals surface area contributed by atoms with E-state index in [0.29, 0.717) is 6.42 Å². The van der Waals surface area contributed by atoms with Crippen molar-refractivity contribution in [1.82, 2.24) is 0 Å². The zero-order valence-corrected chi connectivity index (χ0v) is 5.36. The van der Waals surface area contributed by atoms with E-state index in [4.69, 9.17) is 12.8 Å². The quantitative estimate of drug-likeness (QED) is 0.451. The predicted octanol–water partition coefficient (Wildman–Crippen LogP) is 1.24. The van der Waals surface area contributed by atoms with Crippen molar-refractivity contribution in [3.05, 3.63) is 6.42 Å². The van der Waals surface area contributed by atoms with Gasteiger partial charge in [-0.15, -0.1) is 12.3 Å². The van der Waals surface area contributed by atoms with Crippen LogP contribution in [-0.4, -0.2) is 0 Å². The highest BCUT2D eigenvalue weighted by atomic mass is 13.9. The van der Waals surface area contributed by atoms with Gasteiger partial charge in [-0.2, -0.15) is 0 Å². The Morgan fingerprint density at radius 3 is 2.67 bits per heavy atom. The van der Waals surface area contributed by atoms with Gasteiger partial charge in [-0.25, -0.2) is 0 Å². The number of terminal acetylenes is 1. The first-order valence-corrected chi connectivity index (χ1v) is 2.63. The highest BCUT2D eigenvalue weighted by molar-refractivity contribution is 5.15. The lowest BCUT2D eigenvalue weighted by Gasteiger charge is -1.91. The van der Waals surface area contributed by atoms with E-state index < -0.39 is 0 Å². The molecule has 0 saturated heterocycles. The first-order chi connectivity index (χ1) is 4.35. The third kappa shape index (κ3) is 3.28. The fourth-order valence-corrected chi connectivity index (χ4v) is 0.428. The van der Waals surface area contributed by atoms with Crippen LogP contribution >= 0.6 is 0 Å². The Bertz CT molecular complexity index is 199. The van der Waals surface area contributed by atoms with Crippen LogP contribution in [0.5, 0.6) is 0 Å². The normalized spacial score (nSPS) is 9.67.